The van der Waals surface area contributed by atoms with E-state index in [-0.39, 0.29) is 38.3 Å². The SMILES string of the molecule is CCOC(=O)CCCCCOc1c(O)oc(C(OC(=O)CC)(OC(=O)CC)OC(=O)CC)cc1=O. The van der Waals surface area contributed by atoms with Crippen molar-refractivity contribution in [3.8, 4) is 11.7 Å². The molecule has 0 aliphatic carbocycles. The van der Waals surface area contributed by atoms with Gasteiger partial charge < -0.3 is 33.2 Å². The smallest absolute Gasteiger partial charge is 0.484 e. The quantitative estimate of drug-likeness (QED) is 0.213. The number of aromatic hydroxyl groups is 1. The molecule has 0 radical (unpaired) electrons. The van der Waals surface area contributed by atoms with Crippen LogP contribution in [-0.2, 0) is 44.1 Å². The minimum absolute atomic E-state index is 0.0199. The van der Waals surface area contributed by atoms with Gasteiger partial charge in [0.1, 0.15) is 0 Å². The van der Waals surface area contributed by atoms with Gasteiger partial charge in [-0.1, -0.05) is 20.8 Å². The van der Waals surface area contributed by atoms with Crippen LogP contribution < -0.4 is 10.2 Å². The minimum Gasteiger partial charge on any atom is -0.484 e. The molecule has 0 spiro atoms. The van der Waals surface area contributed by atoms with E-state index in [2.05, 4.69) is 0 Å². The fourth-order valence-corrected chi connectivity index (χ4v) is 2.59. The Morgan fingerprint density at radius 2 is 1.40 bits per heavy atom. The summed E-state index contributed by atoms with van der Waals surface area (Å²) in [5, 5.41) is 10.3. The molecule has 0 aliphatic heterocycles. The van der Waals surface area contributed by atoms with E-state index >= 15 is 0 Å². The zero-order valence-corrected chi connectivity index (χ0v) is 20.4. The Morgan fingerprint density at radius 3 is 1.86 bits per heavy atom. The maximum Gasteiger partial charge on any atom is 0.488 e. The molecule has 35 heavy (non-hydrogen) atoms. The molecule has 12 nitrogen and oxygen atoms in total. The molecular formula is C23H32O12. The molecule has 0 atom stereocenters. The molecule has 0 amide bonds. The molecule has 0 aromatic carbocycles. The van der Waals surface area contributed by atoms with Crippen molar-refractivity contribution in [2.75, 3.05) is 13.2 Å². The Kier molecular flexibility index (Phi) is 12.3. The molecule has 0 fully saturated rings. The molecule has 196 valence electrons. The average Bonchev–Trinajstić information content (AvgIpc) is 2.82. The summed E-state index contributed by atoms with van der Waals surface area (Å²) in [6.07, 6.45) is 1.29. The topological polar surface area (TPSA) is 165 Å². The van der Waals surface area contributed by atoms with Crippen molar-refractivity contribution in [3.05, 3.63) is 22.0 Å². The monoisotopic (exact) mass is 500 g/mol. The van der Waals surface area contributed by atoms with Crippen LogP contribution in [0.25, 0.3) is 0 Å². The van der Waals surface area contributed by atoms with Gasteiger partial charge in [0.15, 0.2) is 0 Å². The van der Waals surface area contributed by atoms with Crippen LogP contribution in [0, 0.1) is 0 Å². The van der Waals surface area contributed by atoms with Gasteiger partial charge in [-0.15, -0.1) is 0 Å². The molecule has 0 aliphatic rings. The van der Waals surface area contributed by atoms with Crippen LogP contribution in [0.2, 0.25) is 0 Å². The molecule has 0 bridgehead atoms. The van der Waals surface area contributed by atoms with Crippen LogP contribution in [0.3, 0.4) is 0 Å². The number of hydrogen-bond donors (Lipinski definition) is 1. The largest absolute Gasteiger partial charge is 0.488 e. The highest BCUT2D eigenvalue weighted by Gasteiger charge is 2.49. The van der Waals surface area contributed by atoms with E-state index in [1.165, 1.54) is 20.8 Å². The Bertz CT molecular complexity index is 887. The summed E-state index contributed by atoms with van der Waals surface area (Å²) < 4.78 is 30.5. The van der Waals surface area contributed by atoms with Gasteiger partial charge in [0, 0.05) is 31.7 Å². The third kappa shape index (κ3) is 9.30. The second-order valence-corrected chi connectivity index (χ2v) is 7.11. The highest BCUT2D eigenvalue weighted by Crippen LogP contribution is 2.34. The van der Waals surface area contributed by atoms with Gasteiger partial charge in [0.2, 0.25) is 16.9 Å². The van der Waals surface area contributed by atoms with Crippen molar-refractivity contribution in [1.29, 1.82) is 0 Å². The maximum absolute atomic E-state index is 12.6. The Balaban J connectivity index is 3.12. The van der Waals surface area contributed by atoms with Gasteiger partial charge >= 0.3 is 35.8 Å². The summed E-state index contributed by atoms with van der Waals surface area (Å²) in [6.45, 7) is 6.36. The average molecular weight is 500 g/mol. The van der Waals surface area contributed by atoms with Crippen LogP contribution >= 0.6 is 0 Å². The number of esters is 4. The lowest BCUT2D eigenvalue weighted by Crippen LogP contribution is -2.42. The number of carbonyl (C=O) groups excluding carboxylic acids is 4. The van der Waals surface area contributed by atoms with Crippen molar-refractivity contribution in [2.45, 2.75) is 78.6 Å². The molecule has 0 unspecified atom stereocenters. The fraction of sp³-hybridized carbons (Fsp3) is 0.609. The third-order valence-electron chi connectivity index (χ3n) is 4.38. The second kappa shape index (κ2) is 14.6. The van der Waals surface area contributed by atoms with Crippen LogP contribution in [-0.4, -0.2) is 42.2 Å². The summed E-state index contributed by atoms with van der Waals surface area (Å²) in [6, 6.07) is 0.727. The van der Waals surface area contributed by atoms with E-state index in [1.54, 1.807) is 6.92 Å². The number of rotatable bonds is 15. The number of ether oxygens (including phenoxy) is 5. The van der Waals surface area contributed by atoms with E-state index < -0.39 is 46.8 Å². The van der Waals surface area contributed by atoms with Gasteiger partial charge in [-0.2, -0.15) is 0 Å². The first-order valence-corrected chi connectivity index (χ1v) is 11.4. The third-order valence-corrected chi connectivity index (χ3v) is 4.38. The zero-order chi connectivity index (χ0) is 26.4. The van der Waals surface area contributed by atoms with Crippen LogP contribution in [0.15, 0.2) is 15.3 Å². The highest BCUT2D eigenvalue weighted by molar-refractivity contribution is 5.74. The lowest BCUT2D eigenvalue weighted by Gasteiger charge is -2.29. The van der Waals surface area contributed by atoms with E-state index in [1.807, 2.05) is 0 Å². The molecule has 1 N–H and O–H groups in total. The van der Waals surface area contributed by atoms with E-state index in [4.69, 9.17) is 28.1 Å². The number of carbonyl (C=O) groups is 4. The highest BCUT2D eigenvalue weighted by atomic mass is 16.9. The summed E-state index contributed by atoms with van der Waals surface area (Å²) in [5.41, 5.74) is -0.910. The summed E-state index contributed by atoms with van der Waals surface area (Å²) >= 11 is 0. The zero-order valence-electron chi connectivity index (χ0n) is 20.4. The first-order chi connectivity index (χ1) is 16.6. The molecule has 12 heteroatoms. The van der Waals surface area contributed by atoms with Crippen molar-refractivity contribution in [3.63, 3.8) is 0 Å². The van der Waals surface area contributed by atoms with Crippen LogP contribution in [0.4, 0.5) is 0 Å². The predicted molar refractivity (Wildman–Crippen MR) is 118 cm³/mol. The van der Waals surface area contributed by atoms with Gasteiger partial charge in [0.25, 0.3) is 0 Å². The summed E-state index contributed by atoms with van der Waals surface area (Å²) in [5.74, 6) is -8.27. The molecule has 1 aromatic rings. The van der Waals surface area contributed by atoms with E-state index in [0.717, 1.165) is 6.07 Å². The molecule has 0 saturated carbocycles. The lowest BCUT2D eigenvalue weighted by atomic mass is 10.2. The minimum atomic E-state index is -2.85. The normalized spacial score (nSPS) is 10.9. The first kappa shape index (κ1) is 29.5. The maximum atomic E-state index is 12.6. The summed E-state index contributed by atoms with van der Waals surface area (Å²) in [4.78, 5) is 60.1. The lowest BCUT2D eigenvalue weighted by molar-refractivity contribution is -0.348. The Labute approximate surface area is 202 Å². The standard InChI is InChI=1S/C23H32O12/c1-5-17(25)33-23(34-18(26)6-2,35-19(27)7-3)16-14-15(24)21(22(29)32-16)31-13-11-9-10-12-20(28)30-8-4/h14,29H,5-13H2,1-4H3. The van der Waals surface area contributed by atoms with Crippen molar-refractivity contribution in [1.82, 2.24) is 0 Å². The number of hydrogen-bond acceptors (Lipinski definition) is 12. The van der Waals surface area contributed by atoms with Gasteiger partial charge in [0.05, 0.1) is 13.2 Å². The van der Waals surface area contributed by atoms with Crippen molar-refractivity contribution >= 4 is 23.9 Å². The van der Waals surface area contributed by atoms with Crippen LogP contribution in [0.1, 0.15) is 78.4 Å². The number of unbranched alkanes of at least 4 members (excludes halogenated alkanes) is 2. The first-order valence-electron chi connectivity index (χ1n) is 11.4. The van der Waals surface area contributed by atoms with Gasteiger partial charge in [-0.25, -0.2) is 0 Å². The van der Waals surface area contributed by atoms with E-state index in [9.17, 15) is 29.1 Å². The fourth-order valence-electron chi connectivity index (χ4n) is 2.59. The Hall–Kier alpha value is -3.57. The molecular weight excluding hydrogens is 468 g/mol. The van der Waals surface area contributed by atoms with Crippen molar-refractivity contribution < 1.29 is 52.4 Å². The summed E-state index contributed by atoms with van der Waals surface area (Å²) in [7, 11) is 0. The van der Waals surface area contributed by atoms with Gasteiger partial charge in [-0.05, 0) is 26.2 Å². The molecule has 1 heterocycles. The van der Waals surface area contributed by atoms with Crippen molar-refractivity contribution in [2.24, 2.45) is 0 Å². The van der Waals surface area contributed by atoms with Gasteiger partial charge in [-0.3, -0.25) is 24.0 Å². The molecule has 0 saturated heterocycles. The predicted octanol–water partition coefficient (Wildman–Crippen LogP) is 2.82. The molecule has 1 rings (SSSR count). The second-order valence-electron chi connectivity index (χ2n) is 7.11. The Morgan fingerprint density at radius 1 is 0.857 bits per heavy atom. The molecule has 1 aromatic heterocycles. The van der Waals surface area contributed by atoms with E-state index in [0.29, 0.717) is 25.9 Å². The van der Waals surface area contributed by atoms with Crippen LogP contribution in [0.5, 0.6) is 11.7 Å².